The number of methoxy groups -OCH3 is 1. The average Bonchev–Trinajstić information content (AvgIpc) is 2.77. The molecule has 1 aromatic rings. The van der Waals surface area contributed by atoms with Crippen LogP contribution in [-0.2, 0) is 0 Å². The van der Waals surface area contributed by atoms with Crippen molar-refractivity contribution >= 4 is 0 Å². The molecule has 0 aromatic carbocycles. The van der Waals surface area contributed by atoms with Crippen LogP contribution in [0.15, 0.2) is 12.1 Å². The predicted octanol–water partition coefficient (Wildman–Crippen LogP) is 2.95. The zero-order valence-electron chi connectivity index (χ0n) is 11.1. The van der Waals surface area contributed by atoms with Crippen LogP contribution in [0.25, 0.3) is 0 Å². The summed E-state index contributed by atoms with van der Waals surface area (Å²) in [5, 5.41) is 0. The smallest absolute Gasteiger partial charge is 0.213 e. The quantitative estimate of drug-likeness (QED) is 0.801. The molecule has 0 unspecified atom stereocenters. The largest absolute Gasteiger partial charge is 0.481 e. The third-order valence-electron chi connectivity index (χ3n) is 3.54. The van der Waals surface area contributed by atoms with Gasteiger partial charge >= 0.3 is 0 Å². The molecule has 0 bridgehead atoms. The zero-order chi connectivity index (χ0) is 12.3. The molecule has 0 spiro atoms. The van der Waals surface area contributed by atoms with Crippen molar-refractivity contribution in [3.8, 4) is 5.88 Å². The van der Waals surface area contributed by atoms with Crippen molar-refractivity contribution in [3.05, 3.63) is 23.4 Å². The molecule has 1 fully saturated rings. The Morgan fingerprint density at radius 2 is 2.29 bits per heavy atom. The van der Waals surface area contributed by atoms with Crippen LogP contribution in [0.2, 0.25) is 0 Å². The molecule has 0 aliphatic carbocycles. The normalized spacial score (nSPS) is 20.8. The Bertz CT molecular complexity index is 378. The van der Waals surface area contributed by atoms with Gasteiger partial charge in [-0.3, -0.25) is 4.90 Å². The molecule has 1 aromatic heterocycles. The topological polar surface area (TPSA) is 25.4 Å². The molecule has 0 N–H and O–H groups in total. The maximum absolute atomic E-state index is 5.16. The van der Waals surface area contributed by atoms with Gasteiger partial charge in [0.15, 0.2) is 0 Å². The molecule has 0 saturated carbocycles. The molecular weight excluding hydrogens is 212 g/mol. The molecule has 2 heterocycles. The maximum Gasteiger partial charge on any atom is 0.213 e. The van der Waals surface area contributed by atoms with Gasteiger partial charge in [0.1, 0.15) is 0 Å². The fraction of sp³-hybridized carbons (Fsp3) is 0.643. The van der Waals surface area contributed by atoms with Gasteiger partial charge in [-0.15, -0.1) is 0 Å². The summed E-state index contributed by atoms with van der Waals surface area (Å²) in [5.41, 5.74) is 2.48. The lowest BCUT2D eigenvalue weighted by molar-refractivity contribution is 0.256. The van der Waals surface area contributed by atoms with Crippen molar-refractivity contribution < 1.29 is 4.74 Å². The lowest BCUT2D eigenvalue weighted by Crippen LogP contribution is -2.24. The second-order valence-electron chi connectivity index (χ2n) is 4.72. The molecule has 1 saturated heterocycles. The first-order valence-electron chi connectivity index (χ1n) is 6.51. The van der Waals surface area contributed by atoms with Gasteiger partial charge < -0.3 is 4.74 Å². The highest BCUT2D eigenvalue weighted by molar-refractivity contribution is 5.28. The minimum absolute atomic E-state index is 0.563. The number of nitrogens with zero attached hydrogens (tertiary/aromatic N) is 2. The summed E-state index contributed by atoms with van der Waals surface area (Å²) < 4.78 is 5.16. The third kappa shape index (κ3) is 2.60. The molecule has 1 atom stereocenters. The molecule has 17 heavy (non-hydrogen) atoms. The Kier molecular flexibility index (Phi) is 4.00. The van der Waals surface area contributed by atoms with Crippen LogP contribution in [0, 0.1) is 6.92 Å². The van der Waals surface area contributed by atoms with Gasteiger partial charge in [0.25, 0.3) is 0 Å². The number of ether oxygens (including phenoxy) is 1. The van der Waals surface area contributed by atoms with E-state index in [9.17, 15) is 0 Å². The first-order valence-corrected chi connectivity index (χ1v) is 6.51. The molecule has 0 amide bonds. The number of hydrogen-bond donors (Lipinski definition) is 0. The molecule has 0 radical (unpaired) electrons. The van der Waals surface area contributed by atoms with Gasteiger partial charge in [-0.25, -0.2) is 4.98 Å². The minimum Gasteiger partial charge on any atom is -0.481 e. The highest BCUT2D eigenvalue weighted by atomic mass is 16.5. The monoisotopic (exact) mass is 234 g/mol. The van der Waals surface area contributed by atoms with E-state index in [-0.39, 0.29) is 0 Å². The van der Waals surface area contributed by atoms with E-state index in [0.717, 1.165) is 5.69 Å². The second-order valence-corrected chi connectivity index (χ2v) is 4.72. The Labute approximate surface area is 104 Å². The zero-order valence-corrected chi connectivity index (χ0v) is 11.1. The Morgan fingerprint density at radius 1 is 1.47 bits per heavy atom. The van der Waals surface area contributed by atoms with Crippen LogP contribution in [0.3, 0.4) is 0 Å². The fourth-order valence-electron chi connectivity index (χ4n) is 2.75. The van der Waals surface area contributed by atoms with Crippen LogP contribution >= 0.6 is 0 Å². The van der Waals surface area contributed by atoms with E-state index < -0.39 is 0 Å². The summed E-state index contributed by atoms with van der Waals surface area (Å²) in [4.78, 5) is 7.06. The molecule has 94 valence electrons. The summed E-state index contributed by atoms with van der Waals surface area (Å²) >= 11 is 0. The van der Waals surface area contributed by atoms with Crippen molar-refractivity contribution in [1.29, 1.82) is 0 Å². The average molecular weight is 234 g/mol. The van der Waals surface area contributed by atoms with Gasteiger partial charge in [0.2, 0.25) is 5.88 Å². The van der Waals surface area contributed by atoms with Gasteiger partial charge in [0.05, 0.1) is 7.11 Å². The first kappa shape index (κ1) is 12.4. The van der Waals surface area contributed by atoms with Gasteiger partial charge in [0, 0.05) is 17.8 Å². The van der Waals surface area contributed by atoms with Crippen molar-refractivity contribution in [3.63, 3.8) is 0 Å². The van der Waals surface area contributed by atoms with E-state index in [1.807, 2.05) is 6.07 Å². The molecule has 2 rings (SSSR count). The lowest BCUT2D eigenvalue weighted by atomic mass is 10.0. The number of rotatable bonds is 4. The number of pyridine rings is 1. The number of aryl methyl sites for hydroxylation is 1. The predicted molar refractivity (Wildman–Crippen MR) is 69.4 cm³/mol. The Morgan fingerprint density at radius 3 is 2.94 bits per heavy atom. The number of hydrogen-bond acceptors (Lipinski definition) is 3. The van der Waals surface area contributed by atoms with E-state index >= 15 is 0 Å². The van der Waals surface area contributed by atoms with Gasteiger partial charge in [-0.1, -0.05) is 13.0 Å². The van der Waals surface area contributed by atoms with E-state index in [0.29, 0.717) is 11.9 Å². The van der Waals surface area contributed by atoms with E-state index in [4.69, 9.17) is 4.74 Å². The second kappa shape index (κ2) is 5.50. The fourth-order valence-corrected chi connectivity index (χ4v) is 2.75. The van der Waals surface area contributed by atoms with E-state index in [1.54, 1.807) is 7.11 Å². The summed E-state index contributed by atoms with van der Waals surface area (Å²) in [6.07, 6.45) is 3.78. The maximum atomic E-state index is 5.16. The van der Waals surface area contributed by atoms with Crippen molar-refractivity contribution in [2.24, 2.45) is 0 Å². The molecule has 3 heteroatoms. The van der Waals surface area contributed by atoms with E-state index in [2.05, 4.69) is 29.8 Å². The van der Waals surface area contributed by atoms with Crippen LogP contribution in [-0.4, -0.2) is 30.1 Å². The summed E-state index contributed by atoms with van der Waals surface area (Å²) in [6.45, 7) is 6.74. The summed E-state index contributed by atoms with van der Waals surface area (Å²) in [7, 11) is 1.67. The van der Waals surface area contributed by atoms with Crippen molar-refractivity contribution in [2.45, 2.75) is 39.2 Å². The van der Waals surface area contributed by atoms with Gasteiger partial charge in [-0.05, 0) is 44.8 Å². The Hall–Kier alpha value is -1.09. The highest BCUT2D eigenvalue weighted by Crippen LogP contribution is 2.33. The summed E-state index contributed by atoms with van der Waals surface area (Å²) in [6, 6.07) is 4.72. The van der Waals surface area contributed by atoms with Crippen LogP contribution < -0.4 is 4.74 Å². The molecule has 1 aliphatic rings. The van der Waals surface area contributed by atoms with Crippen molar-refractivity contribution in [1.82, 2.24) is 9.88 Å². The Balaban J connectivity index is 2.21. The SMILES string of the molecule is CCCN1CCC[C@@H]1c1ccc(OC)nc1C. The van der Waals surface area contributed by atoms with Crippen LogP contribution in [0.4, 0.5) is 0 Å². The minimum atomic E-state index is 0.563. The highest BCUT2D eigenvalue weighted by Gasteiger charge is 2.26. The summed E-state index contributed by atoms with van der Waals surface area (Å²) in [5.74, 6) is 0.714. The lowest BCUT2D eigenvalue weighted by Gasteiger charge is -2.25. The standard InChI is InChI=1S/C14H22N2O/c1-4-9-16-10-5-6-13(16)12-7-8-14(17-3)15-11(12)2/h7-8,13H,4-6,9-10H2,1-3H3/t13-/m1/s1. The molecule has 3 nitrogen and oxygen atoms in total. The van der Waals surface area contributed by atoms with Crippen LogP contribution in [0.1, 0.15) is 43.5 Å². The van der Waals surface area contributed by atoms with Gasteiger partial charge in [-0.2, -0.15) is 0 Å². The molecule has 1 aliphatic heterocycles. The number of aromatic nitrogens is 1. The molecular formula is C14H22N2O. The van der Waals surface area contributed by atoms with Crippen molar-refractivity contribution in [2.75, 3.05) is 20.2 Å². The first-order chi connectivity index (χ1) is 8.26. The van der Waals surface area contributed by atoms with E-state index in [1.165, 1.54) is 37.9 Å². The van der Waals surface area contributed by atoms with Crippen LogP contribution in [0.5, 0.6) is 5.88 Å². The number of likely N-dealkylation sites (tertiary alicyclic amines) is 1. The third-order valence-corrected chi connectivity index (χ3v) is 3.54.